The van der Waals surface area contributed by atoms with Crippen molar-refractivity contribution in [1.82, 2.24) is 30.4 Å². The molecule has 6 amide bonds. The van der Waals surface area contributed by atoms with E-state index >= 15 is 0 Å². The van der Waals surface area contributed by atoms with E-state index < -0.39 is 92.8 Å². The van der Waals surface area contributed by atoms with Crippen molar-refractivity contribution in [2.75, 3.05) is 40.4 Å². The number of carbonyl (C=O) groups excluding carboxylic acids is 8. The molecule has 4 aromatic carbocycles. The van der Waals surface area contributed by atoms with E-state index in [9.17, 15) is 55.9 Å². The van der Waals surface area contributed by atoms with Crippen LogP contribution in [0.5, 0.6) is 23.0 Å². The van der Waals surface area contributed by atoms with Crippen molar-refractivity contribution < 1.29 is 74.8 Å². The number of Topliss-reactive ketones (excluding diaryl/α,β-unsaturated/α-hetero) is 2. The highest BCUT2D eigenvalue weighted by Crippen LogP contribution is 2.50. The van der Waals surface area contributed by atoms with Crippen LogP contribution in [0.4, 0.5) is 0 Å². The number of methoxy groups -OCH3 is 2. The van der Waals surface area contributed by atoms with Crippen molar-refractivity contribution in [3.8, 4) is 45.5 Å². The number of hydrogen-bond donors (Lipinski definition) is 4. The first-order valence-corrected chi connectivity index (χ1v) is 44.2. The SMILES string of the molecule is COc1ccc2c(O[C@H]3CC4C(=O)[C@@H](CC(=O)N5CCCCC5)CCCCC/C=C\[C@@H]5C[C@@]5(C(N)=O)NC(=O)[C@@H]4C3)cc(-c3ccccc3)nc2c1.COc1ccc2c(O[C@H]3CC4C(=O)[C@@H](CC(=O)N5CCCCC5)CCCCC/C=C\[C@H]5C[C@]5(C(N)=O)NC(=O)[C@@H]4C3)cc(-c3ccccc3)nc2c1.O=S([O-])C1CC1.O=S([O-])C1CC1. The number of primary amides is 2. The fraction of sp³-hybridized carbons (Fsp3) is 0.533. The van der Waals surface area contributed by atoms with Crippen LogP contribution in [0.1, 0.15) is 180 Å². The molecule has 0 radical (unpaired) electrons. The van der Waals surface area contributed by atoms with Crippen LogP contribution in [0.2, 0.25) is 0 Å². The molecule has 16 rings (SSSR count). The van der Waals surface area contributed by atoms with Crippen molar-refractivity contribution in [3.05, 3.63) is 133 Å². The number of likely N-dealkylation sites (tertiary alicyclic amines) is 2. The van der Waals surface area contributed by atoms with E-state index in [2.05, 4.69) is 22.8 Å². The van der Waals surface area contributed by atoms with Crippen LogP contribution < -0.4 is 41.0 Å². The van der Waals surface area contributed by atoms with E-state index in [-0.39, 0.29) is 83.2 Å². The molecule has 4 aliphatic heterocycles. The predicted molar refractivity (Wildman–Crippen MR) is 440 cm³/mol. The number of nitrogens with zero attached hydrogens (tertiary/aromatic N) is 4. The van der Waals surface area contributed by atoms with Crippen LogP contribution in [0.25, 0.3) is 44.3 Å². The molecule has 8 fully saturated rings. The van der Waals surface area contributed by atoms with E-state index in [1.54, 1.807) is 14.2 Å². The molecule has 6 aromatic rings. The third kappa shape index (κ3) is 21.2. The van der Waals surface area contributed by atoms with Crippen molar-refractivity contribution in [3.63, 3.8) is 0 Å². The average molecular weight is 1620 g/mol. The van der Waals surface area contributed by atoms with Gasteiger partial charge in [0.1, 0.15) is 57.9 Å². The molecule has 10 aliphatic rings. The van der Waals surface area contributed by atoms with Gasteiger partial charge in [-0.1, -0.05) is 133 Å². The maximum absolute atomic E-state index is 14.7. The first kappa shape index (κ1) is 84.7. The number of nitrogens with two attached hydrogens (primary N) is 2. The van der Waals surface area contributed by atoms with Crippen LogP contribution in [-0.4, -0.2) is 158 Å². The Labute approximate surface area is 684 Å². The van der Waals surface area contributed by atoms with E-state index in [1.165, 1.54) is 0 Å². The van der Waals surface area contributed by atoms with Crippen molar-refractivity contribution in [1.29, 1.82) is 0 Å². The molecule has 4 unspecified atom stereocenters. The number of fused-ring (bicyclic) bond motifs is 6. The van der Waals surface area contributed by atoms with Crippen molar-refractivity contribution in [2.45, 2.75) is 214 Å². The zero-order valence-corrected chi connectivity index (χ0v) is 68.2. The number of aromatic nitrogens is 2. The highest BCUT2D eigenvalue weighted by Gasteiger charge is 2.62. The molecule has 116 heavy (non-hydrogen) atoms. The lowest BCUT2D eigenvalue weighted by Crippen LogP contribution is -2.51. The maximum atomic E-state index is 14.7. The summed E-state index contributed by atoms with van der Waals surface area (Å²) in [5.41, 5.74) is 14.2. The van der Waals surface area contributed by atoms with Gasteiger partial charge in [0.25, 0.3) is 0 Å². The van der Waals surface area contributed by atoms with Gasteiger partial charge in [0.2, 0.25) is 35.4 Å². The second kappa shape index (κ2) is 38.9. The molecule has 6 aliphatic carbocycles. The number of hydrogen-bond acceptors (Lipinski definition) is 18. The molecule has 6 saturated carbocycles. The highest BCUT2D eigenvalue weighted by molar-refractivity contribution is 7.80. The topological polar surface area (TPSA) is 362 Å². The Balaban J connectivity index is 0.000000176. The number of benzene rings is 4. The summed E-state index contributed by atoms with van der Waals surface area (Å²) in [5, 5.41) is 7.66. The fourth-order valence-corrected chi connectivity index (χ4v) is 18.7. The molecule has 0 spiro atoms. The standard InChI is InChI=1S/2C42H50N4O6.2C3H6O2S/c2*1-51-30-17-18-32-36(24-30)44-35(27-13-8-5-9-14-27)25-37(32)52-31-22-33-34(23-31)40(49)45-42(41(43)50)26-29(42)16-10-4-2-3-7-15-28(39(33)48)21-38(47)46-19-11-6-12-20-46;2*4-6(5)3-1-2-3/h2*5,8-10,13-14,16-18,24-25,28-29,31,33-34H,2-4,6-7,11-12,15,19-23,26H2,1H3,(H2,43,50)(H,45,49);2*3H,1-2H2,(H,4,5)/p-2/b2*16-10-;;/t28-,29+,31+,33?,34-,42+;28-,29-,31+,33?,34-,42-;;/m11../s1. The summed E-state index contributed by atoms with van der Waals surface area (Å²) in [6, 6.07) is 34.8. The smallest absolute Gasteiger partial charge is 0.243 e. The van der Waals surface area contributed by atoms with Gasteiger partial charge in [-0.25, -0.2) is 9.97 Å². The quantitative estimate of drug-likeness (QED) is 0.0516. The van der Waals surface area contributed by atoms with Crippen LogP contribution in [-0.2, 0) is 60.5 Å². The van der Waals surface area contributed by atoms with Gasteiger partial charge in [-0.3, -0.25) is 46.8 Å². The molecule has 2 saturated heterocycles. The molecule has 0 bridgehead atoms. The summed E-state index contributed by atoms with van der Waals surface area (Å²) in [5.74, 6) is -3.53. The summed E-state index contributed by atoms with van der Waals surface area (Å²) in [6.45, 7) is 2.90. The van der Waals surface area contributed by atoms with Gasteiger partial charge in [-0.05, 0) is 166 Å². The number of amides is 6. The minimum atomic E-state index is -1.76. The Hall–Kier alpha value is -9.24. The minimum Gasteiger partial charge on any atom is -0.772 e. The molecule has 26 heteroatoms. The van der Waals surface area contributed by atoms with Gasteiger partial charge >= 0.3 is 0 Å². The lowest BCUT2D eigenvalue weighted by molar-refractivity contribution is -0.140. The summed E-state index contributed by atoms with van der Waals surface area (Å²) < 4.78 is 63.6. The Kier molecular flexibility index (Phi) is 28.4. The van der Waals surface area contributed by atoms with E-state index in [0.29, 0.717) is 72.6 Å². The summed E-state index contributed by atoms with van der Waals surface area (Å²) >= 11 is -3.51. The normalized spacial score (nSPS) is 28.6. The second-order valence-corrected chi connectivity index (χ2v) is 35.5. The number of ether oxygens (including phenoxy) is 4. The average Bonchev–Trinajstić information content (AvgIpc) is 1.59. The van der Waals surface area contributed by atoms with Gasteiger partial charge in [-0.15, -0.1) is 0 Å². The van der Waals surface area contributed by atoms with Crippen molar-refractivity contribution >= 4 is 91.0 Å². The lowest BCUT2D eigenvalue weighted by atomic mass is 9.80. The van der Waals surface area contributed by atoms with Gasteiger partial charge in [0.05, 0.1) is 48.5 Å². The Morgan fingerprint density at radius 3 is 1.20 bits per heavy atom. The first-order chi connectivity index (χ1) is 56.1. The van der Waals surface area contributed by atoms with Gasteiger partial charge in [0, 0.05) is 131 Å². The number of pyridine rings is 2. The molecule has 24 nitrogen and oxygen atoms in total. The number of piperidine rings is 2. The van der Waals surface area contributed by atoms with Crippen LogP contribution in [0, 0.1) is 47.3 Å². The predicted octanol–water partition coefficient (Wildman–Crippen LogP) is 12.4. The monoisotopic (exact) mass is 1620 g/mol. The third-order valence-corrected chi connectivity index (χ3v) is 27.0. The van der Waals surface area contributed by atoms with E-state index in [1.807, 2.05) is 131 Å². The van der Waals surface area contributed by atoms with Gasteiger partial charge in [-0.2, -0.15) is 0 Å². The zero-order valence-electron chi connectivity index (χ0n) is 66.5. The Morgan fingerprint density at radius 1 is 0.483 bits per heavy atom. The van der Waals surface area contributed by atoms with Gasteiger partial charge in [0.15, 0.2) is 0 Å². The number of nitrogens with one attached hydrogen (secondary N) is 2. The maximum Gasteiger partial charge on any atom is 0.243 e. The van der Waals surface area contributed by atoms with Gasteiger partial charge < -0.3 is 60.0 Å². The minimum absolute atomic E-state index is 0.0185. The Bertz CT molecular complexity index is 4360. The van der Waals surface area contributed by atoms with Crippen LogP contribution >= 0.6 is 0 Å². The molecule has 6 N–H and O–H groups in total. The Morgan fingerprint density at radius 2 is 0.853 bits per heavy atom. The number of ketones is 2. The summed E-state index contributed by atoms with van der Waals surface area (Å²) in [4.78, 5) is 124. The van der Waals surface area contributed by atoms with Crippen LogP contribution in [0.3, 0.4) is 0 Å². The summed E-state index contributed by atoms with van der Waals surface area (Å²) in [7, 11) is 3.23. The molecule has 2 aromatic heterocycles. The molecular weight excluding hydrogens is 1510 g/mol. The zero-order chi connectivity index (χ0) is 81.6. The second-order valence-electron chi connectivity index (χ2n) is 33.2. The number of carbonyl (C=O) groups is 8. The molecule has 620 valence electrons. The molecule has 6 heterocycles. The fourth-order valence-electron chi connectivity index (χ4n) is 17.7. The van der Waals surface area contributed by atoms with E-state index in [0.717, 1.165) is 175 Å². The first-order valence-electron chi connectivity index (χ1n) is 41.9. The molecule has 14 atom stereocenters. The largest absolute Gasteiger partial charge is 0.772 e. The summed E-state index contributed by atoms with van der Waals surface area (Å²) in [6.07, 6.45) is 27.6. The van der Waals surface area contributed by atoms with Crippen molar-refractivity contribution in [2.24, 2.45) is 58.8 Å². The van der Waals surface area contributed by atoms with Crippen LogP contribution in [0.15, 0.2) is 133 Å². The number of rotatable bonds is 16. The number of allylic oxidation sites excluding steroid dienone is 2. The highest BCUT2D eigenvalue weighted by atomic mass is 32.2. The lowest BCUT2D eigenvalue weighted by Gasteiger charge is -2.29. The third-order valence-electron chi connectivity index (χ3n) is 25.0. The molecular formula is C90H110N8O16S2-2. The van der Waals surface area contributed by atoms with E-state index in [4.69, 9.17) is 40.4 Å².